The highest BCUT2D eigenvalue weighted by Crippen LogP contribution is 2.38. The van der Waals surface area contributed by atoms with Crippen molar-refractivity contribution in [3.8, 4) is 17.2 Å². The third kappa shape index (κ3) is 3.67. The number of fused-ring (bicyclic) bond motifs is 1. The number of ketones is 1. The van der Waals surface area contributed by atoms with Gasteiger partial charge in [-0.1, -0.05) is 13.8 Å². The van der Waals surface area contributed by atoms with Crippen LogP contribution in [0.5, 0.6) is 17.2 Å². The second kappa shape index (κ2) is 7.92. The van der Waals surface area contributed by atoms with Crippen molar-refractivity contribution in [3.05, 3.63) is 29.2 Å². The minimum Gasteiger partial charge on any atom is -0.493 e. The third-order valence-electron chi connectivity index (χ3n) is 4.95. The van der Waals surface area contributed by atoms with E-state index in [1.165, 1.54) is 33.5 Å². The van der Waals surface area contributed by atoms with E-state index in [9.17, 15) is 9.59 Å². The Morgan fingerprint density at radius 1 is 1.14 bits per heavy atom. The first-order valence-electron chi connectivity index (χ1n) is 9.02. The first-order valence-corrected chi connectivity index (χ1v) is 9.02. The number of amides is 1. The summed E-state index contributed by atoms with van der Waals surface area (Å²) >= 11 is 0. The minimum atomic E-state index is -0.467. The Bertz CT molecular complexity index is 877. The zero-order valence-corrected chi connectivity index (χ0v) is 16.6. The number of aromatic nitrogens is 1. The van der Waals surface area contributed by atoms with Gasteiger partial charge in [0.05, 0.1) is 21.3 Å². The van der Waals surface area contributed by atoms with Gasteiger partial charge in [0.2, 0.25) is 5.75 Å². The van der Waals surface area contributed by atoms with E-state index < -0.39 is 5.91 Å². The molecule has 0 bridgehead atoms. The average Bonchev–Trinajstić information content (AvgIpc) is 3.09. The van der Waals surface area contributed by atoms with E-state index >= 15 is 0 Å². The molecule has 1 aliphatic rings. The van der Waals surface area contributed by atoms with Gasteiger partial charge in [0.1, 0.15) is 11.5 Å². The molecule has 1 amide bonds. The van der Waals surface area contributed by atoms with Gasteiger partial charge >= 0.3 is 6.01 Å². The summed E-state index contributed by atoms with van der Waals surface area (Å²) in [5, 5.41) is 2.60. The first-order chi connectivity index (χ1) is 13.4. The van der Waals surface area contributed by atoms with Crippen LogP contribution in [-0.2, 0) is 6.42 Å². The van der Waals surface area contributed by atoms with Crippen LogP contribution in [0.25, 0.3) is 0 Å². The maximum atomic E-state index is 12.7. The SMILES string of the molecule is COc1cc(C(=O)Nc2nc3c(o2)CC(C(C)C)CC3=O)cc(OC)c1OC. The van der Waals surface area contributed by atoms with E-state index in [0.29, 0.717) is 47.5 Å². The Balaban J connectivity index is 1.85. The Kier molecular flexibility index (Phi) is 5.58. The van der Waals surface area contributed by atoms with Gasteiger partial charge in [-0.25, -0.2) is 0 Å². The molecule has 1 aliphatic carbocycles. The van der Waals surface area contributed by atoms with E-state index in [4.69, 9.17) is 18.6 Å². The van der Waals surface area contributed by atoms with E-state index in [1.807, 2.05) is 0 Å². The molecule has 0 saturated heterocycles. The minimum absolute atomic E-state index is 0.00140. The van der Waals surface area contributed by atoms with Crippen molar-refractivity contribution in [1.82, 2.24) is 4.98 Å². The number of benzene rings is 1. The number of hydrogen-bond donors (Lipinski definition) is 1. The predicted octanol–water partition coefficient (Wildman–Crippen LogP) is 3.35. The number of Topliss-reactive ketones (excluding diaryl/α,β-unsaturated/α-hetero) is 1. The second-order valence-electron chi connectivity index (χ2n) is 6.99. The fourth-order valence-corrected chi connectivity index (χ4v) is 3.26. The number of carbonyl (C=O) groups excluding carboxylic acids is 2. The Labute approximate surface area is 163 Å². The van der Waals surface area contributed by atoms with E-state index in [-0.39, 0.29) is 23.3 Å². The fourth-order valence-electron chi connectivity index (χ4n) is 3.26. The van der Waals surface area contributed by atoms with E-state index in [2.05, 4.69) is 24.1 Å². The molecule has 8 nitrogen and oxygen atoms in total. The topological polar surface area (TPSA) is 99.9 Å². The molecule has 0 aliphatic heterocycles. The molecule has 1 aromatic carbocycles. The molecule has 0 radical (unpaired) electrons. The number of nitrogens with one attached hydrogen (secondary N) is 1. The van der Waals surface area contributed by atoms with Crippen LogP contribution in [0.15, 0.2) is 16.5 Å². The zero-order chi connectivity index (χ0) is 20.4. The van der Waals surface area contributed by atoms with Crippen LogP contribution < -0.4 is 19.5 Å². The first kappa shape index (κ1) is 19.7. The standard InChI is InChI=1S/C20H24N2O6/c1-10(2)11-6-13(23)17-14(7-11)28-20(21-17)22-19(24)12-8-15(25-3)18(27-5)16(9-12)26-4/h8-11H,6-7H2,1-5H3,(H,21,22,24). The van der Waals surface area contributed by atoms with Gasteiger partial charge in [-0.05, 0) is 24.0 Å². The van der Waals surface area contributed by atoms with Gasteiger partial charge in [-0.3, -0.25) is 14.9 Å². The molecular weight excluding hydrogens is 364 g/mol. The van der Waals surface area contributed by atoms with Gasteiger partial charge in [-0.15, -0.1) is 0 Å². The Morgan fingerprint density at radius 2 is 1.79 bits per heavy atom. The van der Waals surface area contributed by atoms with Crippen molar-refractivity contribution in [2.24, 2.45) is 11.8 Å². The Hall–Kier alpha value is -3.03. The number of nitrogens with zero attached hydrogens (tertiary/aromatic N) is 1. The monoisotopic (exact) mass is 388 g/mol. The van der Waals surface area contributed by atoms with Crippen molar-refractivity contribution in [2.75, 3.05) is 26.6 Å². The maximum Gasteiger partial charge on any atom is 0.302 e. The lowest BCUT2D eigenvalue weighted by molar-refractivity contribution is 0.0922. The van der Waals surface area contributed by atoms with Crippen LogP contribution in [0, 0.1) is 11.8 Å². The van der Waals surface area contributed by atoms with Crippen molar-refractivity contribution >= 4 is 17.7 Å². The number of anilines is 1. The molecule has 1 N–H and O–H groups in total. The van der Waals surface area contributed by atoms with E-state index in [0.717, 1.165) is 0 Å². The van der Waals surface area contributed by atoms with Crippen LogP contribution in [0.1, 0.15) is 46.9 Å². The number of rotatable bonds is 6. The van der Waals surface area contributed by atoms with Crippen molar-refractivity contribution in [3.63, 3.8) is 0 Å². The molecule has 0 fully saturated rings. The zero-order valence-electron chi connectivity index (χ0n) is 16.6. The number of carbonyl (C=O) groups is 2. The van der Waals surface area contributed by atoms with Crippen LogP contribution >= 0.6 is 0 Å². The predicted molar refractivity (Wildman–Crippen MR) is 102 cm³/mol. The van der Waals surface area contributed by atoms with Crippen LogP contribution in [0.2, 0.25) is 0 Å². The smallest absolute Gasteiger partial charge is 0.302 e. The van der Waals surface area contributed by atoms with Crippen LogP contribution in [0.4, 0.5) is 6.01 Å². The molecule has 2 aromatic rings. The summed E-state index contributed by atoms with van der Waals surface area (Å²) in [6.45, 7) is 4.15. The Morgan fingerprint density at radius 3 is 2.32 bits per heavy atom. The molecule has 1 atom stereocenters. The highest BCUT2D eigenvalue weighted by atomic mass is 16.5. The van der Waals surface area contributed by atoms with Gasteiger partial charge in [-0.2, -0.15) is 4.98 Å². The van der Waals surface area contributed by atoms with Crippen LogP contribution in [-0.4, -0.2) is 38.0 Å². The maximum absolute atomic E-state index is 12.7. The summed E-state index contributed by atoms with van der Waals surface area (Å²) < 4.78 is 21.4. The molecule has 1 heterocycles. The van der Waals surface area contributed by atoms with Crippen molar-refractivity contribution < 1.29 is 28.2 Å². The van der Waals surface area contributed by atoms with Gasteiger partial charge in [0.15, 0.2) is 17.3 Å². The van der Waals surface area contributed by atoms with Gasteiger partial charge in [0, 0.05) is 18.4 Å². The lowest BCUT2D eigenvalue weighted by Crippen LogP contribution is -2.23. The summed E-state index contributed by atoms with van der Waals surface area (Å²) in [5.74, 6) is 1.67. The lowest BCUT2D eigenvalue weighted by Gasteiger charge is -2.22. The molecule has 28 heavy (non-hydrogen) atoms. The summed E-state index contributed by atoms with van der Waals surface area (Å²) in [4.78, 5) is 29.2. The number of oxazole rings is 1. The molecule has 8 heteroatoms. The van der Waals surface area contributed by atoms with Crippen LogP contribution in [0.3, 0.4) is 0 Å². The molecule has 3 rings (SSSR count). The molecule has 150 valence electrons. The van der Waals surface area contributed by atoms with Gasteiger partial charge in [0.25, 0.3) is 5.91 Å². The second-order valence-corrected chi connectivity index (χ2v) is 6.99. The largest absolute Gasteiger partial charge is 0.493 e. The average molecular weight is 388 g/mol. The summed E-state index contributed by atoms with van der Waals surface area (Å²) in [5.41, 5.74) is 0.578. The summed E-state index contributed by atoms with van der Waals surface area (Å²) in [7, 11) is 4.43. The lowest BCUT2D eigenvalue weighted by atomic mass is 9.82. The summed E-state index contributed by atoms with van der Waals surface area (Å²) in [6.07, 6.45) is 1.07. The number of ether oxygens (including phenoxy) is 3. The normalized spacial score (nSPS) is 15.9. The van der Waals surface area contributed by atoms with Gasteiger partial charge < -0.3 is 18.6 Å². The molecule has 1 aromatic heterocycles. The molecule has 0 spiro atoms. The van der Waals surface area contributed by atoms with Crippen molar-refractivity contribution in [1.29, 1.82) is 0 Å². The quantitative estimate of drug-likeness (QED) is 0.810. The molecule has 0 saturated carbocycles. The number of methoxy groups -OCH3 is 3. The highest BCUT2D eigenvalue weighted by molar-refractivity contribution is 6.04. The molecule has 1 unspecified atom stereocenters. The number of hydrogen-bond acceptors (Lipinski definition) is 7. The third-order valence-corrected chi connectivity index (χ3v) is 4.95. The highest BCUT2D eigenvalue weighted by Gasteiger charge is 2.32. The fraction of sp³-hybridized carbons (Fsp3) is 0.450. The van der Waals surface area contributed by atoms with E-state index in [1.54, 1.807) is 0 Å². The molecular formula is C20H24N2O6. The summed E-state index contributed by atoms with van der Waals surface area (Å²) in [6, 6.07) is 3.06. The van der Waals surface area contributed by atoms with Crippen molar-refractivity contribution in [2.45, 2.75) is 26.7 Å².